The van der Waals surface area contributed by atoms with Gasteiger partial charge in [0.2, 0.25) is 5.91 Å². The summed E-state index contributed by atoms with van der Waals surface area (Å²) in [5.41, 5.74) is 0.595. The van der Waals surface area contributed by atoms with Crippen molar-refractivity contribution in [2.24, 2.45) is 5.92 Å². The van der Waals surface area contributed by atoms with Crippen molar-refractivity contribution in [1.29, 1.82) is 0 Å². The van der Waals surface area contributed by atoms with Gasteiger partial charge in [-0.1, -0.05) is 12.1 Å². The number of hydrogen-bond donors (Lipinski definition) is 1. The van der Waals surface area contributed by atoms with Crippen molar-refractivity contribution in [3.05, 3.63) is 40.6 Å². The molecule has 1 atom stereocenters. The minimum Gasteiger partial charge on any atom is -0.354 e. The molecule has 0 radical (unpaired) electrons. The van der Waals surface area contributed by atoms with E-state index in [1.54, 1.807) is 0 Å². The van der Waals surface area contributed by atoms with Crippen molar-refractivity contribution < 1.29 is 27.2 Å². The molecule has 144 valence electrons. The van der Waals surface area contributed by atoms with Gasteiger partial charge in [0, 0.05) is 13.1 Å². The van der Waals surface area contributed by atoms with Crippen molar-refractivity contribution in [2.75, 3.05) is 24.6 Å². The standard InChI is InChI=1S/C17H17FN2O5S2/c18-13-3-1-11(2-4-13)9-14-16(22)20(17(23)26-14)7-6-19-15(21)12-5-8-27(24,25)10-12/h1-4,9,12H,5-8,10H2,(H,19,21). The fourth-order valence-electron chi connectivity index (χ4n) is 2.84. The fraction of sp³-hybridized carbons (Fsp3) is 0.353. The molecule has 0 bridgehead atoms. The molecule has 0 saturated carbocycles. The maximum absolute atomic E-state index is 12.9. The number of rotatable bonds is 5. The molecule has 0 aliphatic carbocycles. The number of hydrogen-bond acceptors (Lipinski definition) is 6. The molecule has 3 rings (SSSR count). The molecule has 0 aromatic heterocycles. The number of halogens is 1. The first kappa shape index (κ1) is 19.6. The summed E-state index contributed by atoms with van der Waals surface area (Å²) in [4.78, 5) is 37.6. The van der Waals surface area contributed by atoms with Crippen molar-refractivity contribution in [3.8, 4) is 0 Å². The quantitative estimate of drug-likeness (QED) is 0.734. The van der Waals surface area contributed by atoms with Crippen LogP contribution in [0.3, 0.4) is 0 Å². The Bertz CT molecular complexity index is 912. The molecule has 3 amide bonds. The number of imide groups is 1. The van der Waals surface area contributed by atoms with Gasteiger partial charge >= 0.3 is 0 Å². The van der Waals surface area contributed by atoms with Gasteiger partial charge in [0.1, 0.15) is 5.82 Å². The zero-order valence-corrected chi connectivity index (χ0v) is 15.8. The van der Waals surface area contributed by atoms with Gasteiger partial charge in [0.15, 0.2) is 9.84 Å². The maximum atomic E-state index is 12.9. The molecule has 1 N–H and O–H groups in total. The first-order valence-electron chi connectivity index (χ1n) is 8.24. The average molecular weight is 412 g/mol. The number of carbonyl (C=O) groups excluding carboxylic acids is 3. The normalized spacial score (nSPS) is 23.2. The third kappa shape index (κ3) is 4.75. The Balaban J connectivity index is 1.55. The van der Waals surface area contributed by atoms with Crippen LogP contribution in [0.15, 0.2) is 29.2 Å². The van der Waals surface area contributed by atoms with Gasteiger partial charge in [-0.2, -0.15) is 0 Å². The molecule has 7 nitrogen and oxygen atoms in total. The zero-order valence-electron chi connectivity index (χ0n) is 14.2. The molecule has 10 heteroatoms. The molecule has 2 aliphatic heterocycles. The first-order chi connectivity index (χ1) is 12.7. The van der Waals surface area contributed by atoms with Crippen LogP contribution in [-0.2, 0) is 19.4 Å². The van der Waals surface area contributed by atoms with Gasteiger partial charge in [-0.05, 0) is 42.0 Å². The molecule has 1 unspecified atom stereocenters. The minimum absolute atomic E-state index is 0.00235. The summed E-state index contributed by atoms with van der Waals surface area (Å²) in [6.45, 7) is 0.0495. The second-order valence-electron chi connectivity index (χ2n) is 6.28. The van der Waals surface area contributed by atoms with Crippen molar-refractivity contribution in [1.82, 2.24) is 10.2 Å². The minimum atomic E-state index is -3.15. The highest BCUT2D eigenvalue weighted by Crippen LogP contribution is 2.31. The largest absolute Gasteiger partial charge is 0.354 e. The van der Waals surface area contributed by atoms with Gasteiger partial charge in [0.25, 0.3) is 11.1 Å². The molecule has 2 fully saturated rings. The predicted octanol–water partition coefficient (Wildman–Crippen LogP) is 1.41. The summed E-state index contributed by atoms with van der Waals surface area (Å²) in [7, 11) is -3.15. The number of sulfone groups is 1. The van der Waals surface area contributed by atoms with Crippen LogP contribution in [0.1, 0.15) is 12.0 Å². The number of thioether (sulfide) groups is 1. The summed E-state index contributed by atoms with van der Waals surface area (Å²) >= 11 is 0.777. The van der Waals surface area contributed by atoms with Crippen LogP contribution in [0, 0.1) is 11.7 Å². The molecule has 2 saturated heterocycles. The second-order valence-corrected chi connectivity index (χ2v) is 9.50. The Morgan fingerprint density at radius 3 is 2.63 bits per heavy atom. The Kier molecular flexibility index (Phi) is 5.66. The molecule has 2 aliphatic rings. The zero-order chi connectivity index (χ0) is 19.6. The Hall–Kier alpha value is -2.20. The molecular weight excluding hydrogens is 395 g/mol. The lowest BCUT2D eigenvalue weighted by Gasteiger charge is -2.14. The van der Waals surface area contributed by atoms with Gasteiger partial charge in [-0.3, -0.25) is 19.3 Å². The molecule has 27 heavy (non-hydrogen) atoms. The molecule has 1 aromatic rings. The van der Waals surface area contributed by atoms with Crippen LogP contribution < -0.4 is 5.32 Å². The van der Waals surface area contributed by atoms with E-state index in [0.29, 0.717) is 5.56 Å². The molecule has 0 spiro atoms. The highest BCUT2D eigenvalue weighted by Gasteiger charge is 2.36. The van der Waals surface area contributed by atoms with E-state index in [-0.39, 0.29) is 41.8 Å². The number of amides is 3. The van der Waals surface area contributed by atoms with E-state index in [1.807, 2.05) is 0 Å². The summed E-state index contributed by atoms with van der Waals surface area (Å²) in [5.74, 6) is -2.00. The lowest BCUT2D eigenvalue weighted by molar-refractivity contribution is -0.125. The van der Waals surface area contributed by atoms with Crippen molar-refractivity contribution >= 4 is 44.7 Å². The second kappa shape index (κ2) is 7.81. The van der Waals surface area contributed by atoms with E-state index < -0.39 is 32.7 Å². The van der Waals surface area contributed by atoms with E-state index in [2.05, 4.69) is 5.32 Å². The van der Waals surface area contributed by atoms with Crippen molar-refractivity contribution in [3.63, 3.8) is 0 Å². The van der Waals surface area contributed by atoms with E-state index >= 15 is 0 Å². The van der Waals surface area contributed by atoms with Crippen LogP contribution >= 0.6 is 11.8 Å². The highest BCUT2D eigenvalue weighted by atomic mass is 32.2. The first-order valence-corrected chi connectivity index (χ1v) is 10.9. The third-order valence-electron chi connectivity index (χ3n) is 4.28. The summed E-state index contributed by atoms with van der Waals surface area (Å²) in [6, 6.07) is 5.52. The number of nitrogens with zero attached hydrogens (tertiary/aromatic N) is 1. The molecular formula is C17H17FN2O5S2. The number of benzene rings is 1. The van der Waals surface area contributed by atoms with Crippen LogP contribution in [0.4, 0.5) is 9.18 Å². The molecule has 1 aromatic carbocycles. The molecule has 2 heterocycles. The fourth-order valence-corrected chi connectivity index (χ4v) is 5.45. The van der Waals surface area contributed by atoms with Crippen LogP contribution in [-0.4, -0.2) is 55.0 Å². The summed E-state index contributed by atoms with van der Waals surface area (Å²) in [6.07, 6.45) is 1.79. The highest BCUT2D eigenvalue weighted by molar-refractivity contribution is 8.18. The monoisotopic (exact) mass is 412 g/mol. The Morgan fingerprint density at radius 2 is 2.00 bits per heavy atom. The van der Waals surface area contributed by atoms with Gasteiger partial charge < -0.3 is 5.32 Å². The van der Waals surface area contributed by atoms with Gasteiger partial charge in [0.05, 0.1) is 22.3 Å². The lowest BCUT2D eigenvalue weighted by atomic mass is 10.1. The topological polar surface area (TPSA) is 101 Å². The van der Waals surface area contributed by atoms with Crippen LogP contribution in [0.2, 0.25) is 0 Å². The van der Waals surface area contributed by atoms with E-state index in [4.69, 9.17) is 0 Å². The summed E-state index contributed by atoms with van der Waals surface area (Å²) < 4.78 is 35.8. The SMILES string of the molecule is O=C(NCCN1C(=O)SC(=Cc2ccc(F)cc2)C1=O)C1CCS(=O)(=O)C1. The average Bonchev–Trinajstić information content (AvgIpc) is 3.10. The third-order valence-corrected chi connectivity index (χ3v) is 6.95. The smallest absolute Gasteiger partial charge is 0.293 e. The Labute approximate surface area is 159 Å². The number of nitrogens with one attached hydrogen (secondary N) is 1. The van der Waals surface area contributed by atoms with Gasteiger partial charge in [-0.15, -0.1) is 0 Å². The van der Waals surface area contributed by atoms with E-state index in [0.717, 1.165) is 16.7 Å². The van der Waals surface area contributed by atoms with Crippen LogP contribution in [0.25, 0.3) is 6.08 Å². The van der Waals surface area contributed by atoms with Crippen LogP contribution in [0.5, 0.6) is 0 Å². The van der Waals surface area contributed by atoms with E-state index in [9.17, 15) is 27.2 Å². The lowest BCUT2D eigenvalue weighted by Crippen LogP contribution is -2.39. The Morgan fingerprint density at radius 1 is 1.30 bits per heavy atom. The van der Waals surface area contributed by atoms with E-state index in [1.165, 1.54) is 30.3 Å². The maximum Gasteiger partial charge on any atom is 0.293 e. The van der Waals surface area contributed by atoms with Crippen molar-refractivity contribution in [2.45, 2.75) is 6.42 Å². The number of carbonyl (C=O) groups is 3. The predicted molar refractivity (Wildman–Crippen MR) is 98.8 cm³/mol. The summed E-state index contributed by atoms with van der Waals surface area (Å²) in [5, 5.41) is 2.13. The van der Waals surface area contributed by atoms with Gasteiger partial charge in [-0.25, -0.2) is 12.8 Å².